The number of nitrogens with one attached hydrogen (secondary N) is 1. The summed E-state index contributed by atoms with van der Waals surface area (Å²) >= 11 is 3.42. The van der Waals surface area contributed by atoms with E-state index in [0.29, 0.717) is 0 Å². The highest BCUT2D eigenvalue weighted by Gasteiger charge is 2.54. The maximum absolute atomic E-state index is 3.99. The van der Waals surface area contributed by atoms with E-state index in [9.17, 15) is 0 Å². The number of rotatable bonds is 9. The lowest BCUT2D eigenvalue weighted by atomic mass is 9.70. The second-order valence-electron chi connectivity index (χ2n) is 33.3. The predicted molar refractivity (Wildman–Crippen MR) is 531 cm³/mol. The molecule has 0 unspecified atom stereocenters. The molecule has 2 nitrogen and oxygen atoms in total. The molecule has 4 aliphatic rings. The van der Waals surface area contributed by atoms with Crippen molar-refractivity contribution >= 4 is 109 Å². The number of hydrogen-bond acceptors (Lipinski definition) is 2. The van der Waals surface area contributed by atoms with Gasteiger partial charge in [-0.2, -0.15) is 0 Å². The third-order valence-electron chi connectivity index (χ3n) is 26.9. The first-order valence-electron chi connectivity index (χ1n) is 43.2. The standard InChI is InChI=1S/C61H39N.C49H31N.C12H9Br/c1-3-17-40(18-4-1)41-31-33-43(34-32-41)62(44-35-36-49-47-23-8-7-21-45(47)46-22-9-10-24-48(46)54(49)37-44)60-39-59-55(38-53(60)42-19-5-2-6-20-42)52-27-13-16-30-58(52)61(59)56-28-14-11-25-50(56)51-26-12-15-29-57(51)61;1-2-14-31(15-3-1)41-29-43-40-22-10-13-25-46(40)49(44-23-11-8-20-38(44)39-21-9-12-24-45(39)49)47(43)30-48(41)50-32-26-27-37-35-18-5-4-16-33(35)34-17-6-7-19-36(34)42(37)28-32;13-12-8-6-11(7-9-12)10-4-2-1-3-5-10/h1-39H;1-30,50H;1-9H. The van der Waals surface area contributed by atoms with E-state index in [-0.39, 0.29) is 0 Å². The third kappa shape index (κ3) is 11.7. The van der Waals surface area contributed by atoms with Gasteiger partial charge >= 0.3 is 0 Å². The van der Waals surface area contributed by atoms with Gasteiger partial charge in [-0.15, -0.1) is 0 Å². The van der Waals surface area contributed by atoms with Gasteiger partial charge < -0.3 is 10.2 Å². The Labute approximate surface area is 735 Å². The first kappa shape index (κ1) is 73.4. The molecule has 3 heteroatoms. The Hall–Kier alpha value is -15.5. The highest BCUT2D eigenvalue weighted by molar-refractivity contribution is 9.10. The molecule has 0 fully saturated rings. The van der Waals surface area contributed by atoms with E-state index in [2.05, 4.69) is 493 Å². The fourth-order valence-electron chi connectivity index (χ4n) is 21.6. The highest BCUT2D eigenvalue weighted by atomic mass is 79.9. The van der Waals surface area contributed by atoms with Crippen molar-refractivity contribution in [3.8, 4) is 89.0 Å². The highest BCUT2D eigenvalue weighted by Crippen LogP contribution is 2.66. The van der Waals surface area contributed by atoms with Crippen LogP contribution in [0.1, 0.15) is 44.5 Å². The number of anilines is 5. The zero-order valence-electron chi connectivity index (χ0n) is 68.4. The van der Waals surface area contributed by atoms with Gasteiger partial charge in [0.2, 0.25) is 0 Å². The molecular weight excluding hydrogens is 1570 g/mol. The lowest BCUT2D eigenvalue weighted by Crippen LogP contribution is -2.26. The van der Waals surface area contributed by atoms with Crippen LogP contribution in [0, 0.1) is 0 Å². The Balaban J connectivity index is 0.000000124. The molecule has 0 aliphatic heterocycles. The largest absolute Gasteiger partial charge is 0.355 e. The minimum atomic E-state index is -0.482. The zero-order valence-corrected chi connectivity index (χ0v) is 69.9. The van der Waals surface area contributed by atoms with Crippen molar-refractivity contribution in [2.75, 3.05) is 10.2 Å². The summed E-state index contributed by atoms with van der Waals surface area (Å²) in [5.41, 5.74) is 35.5. The molecule has 22 aromatic rings. The van der Waals surface area contributed by atoms with E-state index in [1.54, 1.807) is 0 Å². The molecule has 0 aromatic heterocycles. The van der Waals surface area contributed by atoms with Crippen molar-refractivity contribution in [1.29, 1.82) is 0 Å². The second-order valence-corrected chi connectivity index (χ2v) is 34.2. The van der Waals surface area contributed by atoms with Crippen LogP contribution in [0.15, 0.2) is 478 Å². The van der Waals surface area contributed by atoms with Crippen LogP contribution in [0.3, 0.4) is 0 Å². The third-order valence-corrected chi connectivity index (χ3v) is 27.4. The Morgan fingerprint density at radius 1 is 0.176 bits per heavy atom. The number of fused-ring (bicyclic) bond motifs is 32. The van der Waals surface area contributed by atoms with Crippen molar-refractivity contribution in [2.45, 2.75) is 10.8 Å². The van der Waals surface area contributed by atoms with E-state index in [1.807, 2.05) is 6.07 Å². The summed E-state index contributed by atoms with van der Waals surface area (Å²) in [5.74, 6) is 0. The van der Waals surface area contributed by atoms with Crippen LogP contribution in [0.2, 0.25) is 0 Å². The number of hydrogen-bond donors (Lipinski definition) is 1. The summed E-state index contributed by atoms with van der Waals surface area (Å²) in [4.78, 5) is 2.52. The predicted octanol–water partition coefficient (Wildman–Crippen LogP) is 33.3. The van der Waals surface area contributed by atoms with Crippen LogP contribution < -0.4 is 10.2 Å². The maximum Gasteiger partial charge on any atom is 0.0726 e. The van der Waals surface area contributed by atoms with Gasteiger partial charge in [-0.05, 0) is 260 Å². The molecule has 1 N–H and O–H groups in total. The lowest BCUT2D eigenvalue weighted by Gasteiger charge is -2.33. The van der Waals surface area contributed by atoms with Gasteiger partial charge in [0.1, 0.15) is 0 Å². The van der Waals surface area contributed by atoms with E-state index in [0.717, 1.165) is 32.9 Å². The summed E-state index contributed by atoms with van der Waals surface area (Å²) < 4.78 is 1.12. The minimum Gasteiger partial charge on any atom is -0.355 e. The van der Waals surface area contributed by atoms with Crippen LogP contribution in [0.25, 0.3) is 154 Å². The lowest BCUT2D eigenvalue weighted by molar-refractivity contribution is 0.794. The van der Waals surface area contributed by atoms with Gasteiger partial charge in [-0.1, -0.05) is 416 Å². The molecule has 0 saturated heterocycles. The van der Waals surface area contributed by atoms with Gasteiger partial charge in [0, 0.05) is 38.3 Å². The number of halogens is 1. The van der Waals surface area contributed by atoms with Crippen LogP contribution in [0.4, 0.5) is 28.4 Å². The molecule has 0 heterocycles. The zero-order chi connectivity index (χ0) is 82.7. The number of benzene rings is 22. The van der Waals surface area contributed by atoms with Gasteiger partial charge in [0.05, 0.1) is 16.5 Å². The molecule has 22 aromatic carbocycles. The number of nitrogens with zero attached hydrogens (tertiary/aromatic N) is 1. The van der Waals surface area contributed by atoms with Crippen molar-refractivity contribution in [3.05, 3.63) is 522 Å². The molecule has 0 amide bonds. The SMILES string of the molecule is Brc1ccc(-c2ccccc2)cc1.c1ccc(-c2cc3c(cc2Nc2ccc4c5ccccc5c5ccccc5c4c2)C2(c4ccccc4-c4ccccc42)c2ccccc2-3)cc1.c1ccc(-c2ccc(N(c3ccc4c5ccccc5c5ccccc5c4c3)c3cc4c(cc3-c3ccccc3)-c3ccccc3C43c4ccccc4-c4ccccc43)cc2)cc1. The molecular formula is C122H79BrN2. The Morgan fingerprint density at radius 2 is 0.456 bits per heavy atom. The summed E-state index contributed by atoms with van der Waals surface area (Å²) in [5, 5.41) is 19.2. The van der Waals surface area contributed by atoms with Crippen LogP contribution >= 0.6 is 15.9 Å². The van der Waals surface area contributed by atoms with Crippen LogP contribution in [-0.2, 0) is 10.8 Å². The quantitative estimate of drug-likeness (QED) is 0.145. The smallest absolute Gasteiger partial charge is 0.0726 e. The Bertz CT molecular complexity index is 7900. The van der Waals surface area contributed by atoms with Gasteiger partial charge in [0.15, 0.2) is 0 Å². The van der Waals surface area contributed by atoms with Crippen molar-refractivity contribution in [1.82, 2.24) is 0 Å². The molecule has 0 bridgehead atoms. The first-order valence-corrected chi connectivity index (χ1v) is 44.0. The fraction of sp³-hybridized carbons (Fsp3) is 0.0164. The topological polar surface area (TPSA) is 15.3 Å². The molecule has 2 spiro atoms. The summed E-state index contributed by atoms with van der Waals surface area (Å²) in [7, 11) is 0. The summed E-state index contributed by atoms with van der Waals surface area (Å²) in [6, 6.07) is 174. The molecule has 0 radical (unpaired) electrons. The molecule has 0 atom stereocenters. The Morgan fingerprint density at radius 3 is 0.856 bits per heavy atom. The minimum absolute atomic E-state index is 0.400. The van der Waals surface area contributed by atoms with E-state index < -0.39 is 10.8 Å². The second kappa shape index (κ2) is 30.0. The average molecular weight is 1650 g/mol. The van der Waals surface area contributed by atoms with E-state index in [1.165, 1.54) is 198 Å². The van der Waals surface area contributed by atoms with Crippen LogP contribution in [-0.4, -0.2) is 0 Å². The molecule has 4 aliphatic carbocycles. The summed E-state index contributed by atoms with van der Waals surface area (Å²) in [6.45, 7) is 0. The maximum atomic E-state index is 3.99. The van der Waals surface area contributed by atoms with E-state index in [4.69, 9.17) is 0 Å². The first-order chi connectivity index (χ1) is 61.9. The van der Waals surface area contributed by atoms with Gasteiger partial charge in [-0.3, -0.25) is 0 Å². The van der Waals surface area contributed by atoms with Gasteiger partial charge in [-0.25, -0.2) is 0 Å². The van der Waals surface area contributed by atoms with Crippen molar-refractivity contribution in [3.63, 3.8) is 0 Å². The molecule has 0 saturated carbocycles. The molecule has 26 rings (SSSR count). The van der Waals surface area contributed by atoms with E-state index >= 15 is 0 Å². The molecule has 125 heavy (non-hydrogen) atoms. The van der Waals surface area contributed by atoms with Crippen LogP contribution in [0.5, 0.6) is 0 Å². The Kier molecular flexibility index (Phi) is 17.6. The monoisotopic (exact) mass is 1650 g/mol. The molecule has 584 valence electrons. The van der Waals surface area contributed by atoms with Crippen molar-refractivity contribution < 1.29 is 0 Å². The van der Waals surface area contributed by atoms with Gasteiger partial charge in [0.25, 0.3) is 0 Å². The average Bonchev–Trinajstić information content (AvgIpc) is 1.51. The fourth-order valence-corrected chi connectivity index (χ4v) is 21.8. The normalized spacial score (nSPS) is 12.8. The summed E-state index contributed by atoms with van der Waals surface area (Å²) in [6.07, 6.45) is 0. The van der Waals surface area contributed by atoms with Crippen molar-refractivity contribution in [2.24, 2.45) is 0 Å².